The van der Waals surface area contributed by atoms with Crippen LogP contribution < -0.4 is 24.3 Å². The summed E-state index contributed by atoms with van der Waals surface area (Å²) in [6, 6.07) is 4.61. The summed E-state index contributed by atoms with van der Waals surface area (Å²) in [5, 5.41) is 10.8. The van der Waals surface area contributed by atoms with Crippen molar-refractivity contribution < 1.29 is 28.5 Å². The minimum absolute atomic E-state index is 0.123. The third-order valence-corrected chi connectivity index (χ3v) is 4.77. The van der Waals surface area contributed by atoms with Crippen LogP contribution in [0, 0.1) is 0 Å². The summed E-state index contributed by atoms with van der Waals surface area (Å²) in [5.74, 6) is -0.0102. The van der Waals surface area contributed by atoms with Gasteiger partial charge in [0.05, 0.1) is 39.1 Å². The van der Waals surface area contributed by atoms with E-state index in [9.17, 15) is 9.59 Å². The Bertz CT molecular complexity index is 1010. The van der Waals surface area contributed by atoms with Gasteiger partial charge in [0.25, 0.3) is 5.91 Å². The first-order chi connectivity index (χ1) is 14.8. The second kappa shape index (κ2) is 10.8. The molecule has 0 aliphatic heterocycles. The van der Waals surface area contributed by atoms with E-state index in [1.165, 1.54) is 53.6 Å². The molecule has 0 aromatic heterocycles. The molecular weight excluding hydrogens is 449 g/mol. The number of nitrogens with zero attached hydrogens (tertiary/aromatic N) is 2. The minimum Gasteiger partial charge on any atom is -0.495 e. The zero-order chi connectivity index (χ0) is 23.1. The van der Waals surface area contributed by atoms with Crippen LogP contribution in [0.1, 0.15) is 6.92 Å². The monoisotopic (exact) mass is 469 g/mol. The Labute approximate surface area is 189 Å². The number of azo groups is 1. The Morgan fingerprint density at radius 3 is 2.13 bits per heavy atom. The van der Waals surface area contributed by atoms with Crippen molar-refractivity contribution in [2.24, 2.45) is 10.2 Å². The molecule has 0 saturated heterocycles. The lowest BCUT2D eigenvalue weighted by atomic mass is 10.2. The van der Waals surface area contributed by atoms with Crippen molar-refractivity contribution in [3.63, 3.8) is 0 Å². The summed E-state index contributed by atoms with van der Waals surface area (Å²) in [6.07, 6.45) is 0. The minimum atomic E-state index is -1.43. The van der Waals surface area contributed by atoms with Crippen LogP contribution in [0.5, 0.6) is 23.0 Å². The number of benzene rings is 2. The van der Waals surface area contributed by atoms with Gasteiger partial charge < -0.3 is 24.3 Å². The molecule has 1 amide bonds. The van der Waals surface area contributed by atoms with Crippen molar-refractivity contribution in [3.8, 4) is 23.0 Å². The Kier molecular flexibility index (Phi) is 8.47. The molecule has 0 heterocycles. The number of methoxy groups -OCH3 is 4. The summed E-state index contributed by atoms with van der Waals surface area (Å²) in [4.78, 5) is 24.8. The topological polar surface area (TPSA) is 108 Å². The Morgan fingerprint density at radius 2 is 1.58 bits per heavy atom. The standard InChI is InChI=1S/C20H21Cl2N3O6/c1-10(26)18(25-24-12-6-7-14(28-2)19(31-5)17(12)22)20(27)23-13-9-15(29-3)11(21)8-16(13)30-4/h6-9,18H,1-5H3,(H,23,27). The fraction of sp³-hybridized carbons (Fsp3) is 0.300. The number of ether oxygens (including phenoxy) is 4. The lowest BCUT2D eigenvalue weighted by Gasteiger charge is -2.15. The van der Waals surface area contributed by atoms with E-state index < -0.39 is 17.7 Å². The first-order valence-corrected chi connectivity index (χ1v) is 9.57. The number of carbonyl (C=O) groups is 2. The second-order valence-electron chi connectivity index (χ2n) is 6.04. The summed E-state index contributed by atoms with van der Waals surface area (Å²) in [7, 11) is 5.73. The first kappa shape index (κ1) is 24.2. The molecule has 0 spiro atoms. The van der Waals surface area contributed by atoms with E-state index in [1.54, 1.807) is 6.07 Å². The second-order valence-corrected chi connectivity index (χ2v) is 6.82. The molecule has 0 radical (unpaired) electrons. The highest BCUT2D eigenvalue weighted by atomic mass is 35.5. The highest BCUT2D eigenvalue weighted by Gasteiger charge is 2.25. The molecule has 2 rings (SSSR count). The molecule has 0 saturated carbocycles. The number of halogens is 2. The van der Waals surface area contributed by atoms with Gasteiger partial charge in [-0.2, -0.15) is 10.2 Å². The number of hydrogen-bond acceptors (Lipinski definition) is 8. The van der Waals surface area contributed by atoms with Gasteiger partial charge in [0.1, 0.15) is 22.2 Å². The van der Waals surface area contributed by atoms with Crippen LogP contribution in [0.25, 0.3) is 0 Å². The maximum absolute atomic E-state index is 12.7. The van der Waals surface area contributed by atoms with Gasteiger partial charge in [-0.05, 0) is 19.1 Å². The van der Waals surface area contributed by atoms with Crippen molar-refractivity contribution in [2.75, 3.05) is 33.8 Å². The van der Waals surface area contributed by atoms with Gasteiger partial charge >= 0.3 is 0 Å². The van der Waals surface area contributed by atoms with Gasteiger partial charge in [0.15, 0.2) is 17.3 Å². The average molecular weight is 470 g/mol. The van der Waals surface area contributed by atoms with Crippen molar-refractivity contribution in [1.82, 2.24) is 0 Å². The van der Waals surface area contributed by atoms with E-state index in [4.69, 9.17) is 42.1 Å². The van der Waals surface area contributed by atoms with Gasteiger partial charge in [-0.1, -0.05) is 23.2 Å². The molecule has 2 aromatic carbocycles. The quantitative estimate of drug-likeness (QED) is 0.420. The van der Waals surface area contributed by atoms with Crippen LogP contribution in [-0.2, 0) is 9.59 Å². The predicted molar refractivity (Wildman–Crippen MR) is 117 cm³/mol. The predicted octanol–water partition coefficient (Wildman–Crippen LogP) is 4.71. The molecular formula is C20H21Cl2N3O6. The Hall–Kier alpha value is -3.04. The van der Waals surface area contributed by atoms with Crippen molar-refractivity contribution in [1.29, 1.82) is 0 Å². The lowest BCUT2D eigenvalue weighted by molar-refractivity contribution is -0.126. The van der Waals surface area contributed by atoms with Crippen LogP contribution >= 0.6 is 23.2 Å². The van der Waals surface area contributed by atoms with E-state index in [0.717, 1.165) is 0 Å². The smallest absolute Gasteiger partial charge is 0.258 e. The molecule has 0 aliphatic rings. The van der Waals surface area contributed by atoms with E-state index >= 15 is 0 Å². The molecule has 1 N–H and O–H groups in total. The molecule has 2 aromatic rings. The molecule has 11 heteroatoms. The Morgan fingerprint density at radius 1 is 0.935 bits per heavy atom. The van der Waals surface area contributed by atoms with Crippen LogP contribution in [0.15, 0.2) is 34.5 Å². The number of hydrogen-bond donors (Lipinski definition) is 1. The van der Waals surface area contributed by atoms with Crippen LogP contribution in [0.3, 0.4) is 0 Å². The molecule has 0 fully saturated rings. The maximum atomic E-state index is 12.7. The van der Waals surface area contributed by atoms with E-state index in [-0.39, 0.29) is 27.9 Å². The summed E-state index contributed by atoms with van der Waals surface area (Å²) >= 11 is 12.3. The van der Waals surface area contributed by atoms with Crippen molar-refractivity contribution in [2.45, 2.75) is 13.0 Å². The zero-order valence-corrected chi connectivity index (χ0v) is 19.0. The van der Waals surface area contributed by atoms with Gasteiger partial charge in [-0.25, -0.2) is 0 Å². The maximum Gasteiger partial charge on any atom is 0.258 e. The summed E-state index contributed by atoms with van der Waals surface area (Å²) in [6.45, 7) is 1.22. The fourth-order valence-corrected chi connectivity index (χ4v) is 3.06. The van der Waals surface area contributed by atoms with Crippen molar-refractivity contribution in [3.05, 3.63) is 34.3 Å². The van der Waals surface area contributed by atoms with Crippen LogP contribution in [-0.4, -0.2) is 46.2 Å². The molecule has 1 atom stereocenters. The highest BCUT2D eigenvalue weighted by Crippen LogP contribution is 2.41. The largest absolute Gasteiger partial charge is 0.495 e. The number of anilines is 1. The zero-order valence-electron chi connectivity index (χ0n) is 17.5. The fourth-order valence-electron chi connectivity index (χ4n) is 2.55. The number of ketones is 1. The van der Waals surface area contributed by atoms with E-state index in [0.29, 0.717) is 16.5 Å². The Balaban J connectivity index is 2.34. The average Bonchev–Trinajstić information content (AvgIpc) is 2.75. The third kappa shape index (κ3) is 5.56. The van der Waals surface area contributed by atoms with Gasteiger partial charge in [0.2, 0.25) is 6.04 Å². The molecule has 9 nitrogen and oxygen atoms in total. The molecule has 0 aliphatic carbocycles. The molecule has 166 valence electrons. The van der Waals surface area contributed by atoms with Crippen LogP contribution in [0.4, 0.5) is 11.4 Å². The molecule has 1 unspecified atom stereocenters. The van der Waals surface area contributed by atoms with Gasteiger partial charge in [-0.3, -0.25) is 9.59 Å². The van der Waals surface area contributed by atoms with Gasteiger partial charge in [0, 0.05) is 12.1 Å². The number of amides is 1. The normalized spacial score (nSPS) is 11.7. The van der Waals surface area contributed by atoms with E-state index in [1.807, 2.05) is 0 Å². The lowest BCUT2D eigenvalue weighted by Crippen LogP contribution is -2.32. The summed E-state index contributed by atoms with van der Waals surface area (Å²) in [5.41, 5.74) is 0.448. The highest BCUT2D eigenvalue weighted by molar-refractivity contribution is 6.34. The third-order valence-electron chi connectivity index (χ3n) is 4.11. The molecule has 31 heavy (non-hydrogen) atoms. The number of rotatable bonds is 9. The van der Waals surface area contributed by atoms with Crippen LogP contribution in [0.2, 0.25) is 10.0 Å². The SMILES string of the molecule is COc1cc(NC(=O)C(N=Nc2ccc(OC)c(OC)c2Cl)C(C)=O)c(OC)cc1Cl. The van der Waals surface area contributed by atoms with E-state index in [2.05, 4.69) is 15.5 Å². The van der Waals surface area contributed by atoms with Gasteiger partial charge in [-0.15, -0.1) is 0 Å². The number of carbonyl (C=O) groups excluding carboxylic acids is 2. The molecule has 0 bridgehead atoms. The number of Topliss-reactive ketones (excluding diaryl/α,β-unsaturated/α-hetero) is 1. The first-order valence-electron chi connectivity index (χ1n) is 8.81. The van der Waals surface area contributed by atoms with Crippen molar-refractivity contribution >= 4 is 46.3 Å². The number of nitrogens with one attached hydrogen (secondary N) is 1. The summed E-state index contributed by atoms with van der Waals surface area (Å²) < 4.78 is 20.7.